The van der Waals surface area contributed by atoms with Crippen molar-refractivity contribution >= 4 is 5.97 Å². The number of rotatable bonds is 11. The zero-order valence-electron chi connectivity index (χ0n) is 12.5. The van der Waals surface area contributed by atoms with Gasteiger partial charge in [-0.05, 0) is 38.0 Å². The summed E-state index contributed by atoms with van der Waals surface area (Å²) in [4.78, 5) is 10.2. The quantitative estimate of drug-likeness (QED) is 0.318. The van der Waals surface area contributed by atoms with Gasteiger partial charge in [0.1, 0.15) is 0 Å². The van der Waals surface area contributed by atoms with Crippen molar-refractivity contribution in [2.45, 2.75) is 77.0 Å². The summed E-state index contributed by atoms with van der Waals surface area (Å²) >= 11 is 0. The molecule has 0 aliphatic heterocycles. The van der Waals surface area contributed by atoms with E-state index < -0.39 is 5.97 Å². The van der Waals surface area contributed by atoms with E-state index in [9.17, 15) is 9.90 Å². The van der Waals surface area contributed by atoms with Crippen LogP contribution in [0.5, 0.6) is 0 Å². The first-order valence-electron chi connectivity index (χ1n) is 7.65. The molecule has 1 aliphatic rings. The van der Waals surface area contributed by atoms with E-state index in [4.69, 9.17) is 0 Å². The fourth-order valence-electron chi connectivity index (χ4n) is 2.67. The predicted molar refractivity (Wildman–Crippen MR) is 73.0 cm³/mol. The van der Waals surface area contributed by atoms with E-state index in [-0.39, 0.29) is 57.8 Å². The van der Waals surface area contributed by atoms with E-state index in [1.54, 1.807) is 0 Å². The van der Waals surface area contributed by atoms with E-state index in [1.807, 2.05) is 0 Å². The fourth-order valence-corrected chi connectivity index (χ4v) is 2.67. The van der Waals surface area contributed by atoms with Crippen LogP contribution in [-0.4, -0.2) is 5.97 Å². The molecular formula is C16H27KO2. The van der Waals surface area contributed by atoms with E-state index in [2.05, 4.69) is 12.2 Å². The molecule has 19 heavy (non-hydrogen) atoms. The first-order chi connectivity index (χ1) is 8.79. The third kappa shape index (κ3) is 12.3. The summed E-state index contributed by atoms with van der Waals surface area (Å²) < 4.78 is 0. The van der Waals surface area contributed by atoms with Crippen LogP contribution in [0.25, 0.3) is 0 Å². The molecule has 1 atom stereocenters. The van der Waals surface area contributed by atoms with Crippen molar-refractivity contribution in [3.05, 3.63) is 12.2 Å². The molecule has 0 amide bonds. The largest absolute Gasteiger partial charge is 1.00 e. The summed E-state index contributed by atoms with van der Waals surface area (Å²) in [5.41, 5.74) is 0. The Hall–Kier alpha value is 0.846. The zero-order valence-corrected chi connectivity index (χ0v) is 15.7. The van der Waals surface area contributed by atoms with Gasteiger partial charge in [0.15, 0.2) is 0 Å². The third-order valence-electron chi connectivity index (χ3n) is 3.82. The summed E-state index contributed by atoms with van der Waals surface area (Å²) in [7, 11) is 0. The van der Waals surface area contributed by atoms with Crippen molar-refractivity contribution in [1.82, 2.24) is 0 Å². The molecular weight excluding hydrogens is 263 g/mol. The van der Waals surface area contributed by atoms with Gasteiger partial charge in [0.2, 0.25) is 0 Å². The van der Waals surface area contributed by atoms with Crippen LogP contribution in [0.3, 0.4) is 0 Å². The molecule has 0 radical (unpaired) electrons. The maximum absolute atomic E-state index is 10.2. The molecule has 0 bridgehead atoms. The van der Waals surface area contributed by atoms with Crippen molar-refractivity contribution in [1.29, 1.82) is 0 Å². The second-order valence-electron chi connectivity index (χ2n) is 5.50. The average molecular weight is 290 g/mol. The number of hydrogen-bond acceptors (Lipinski definition) is 2. The smallest absolute Gasteiger partial charge is 0.550 e. The number of carboxylic acids is 1. The average Bonchev–Trinajstić information content (AvgIpc) is 2.84. The number of allylic oxidation sites excluding steroid dienone is 2. The molecule has 1 rings (SSSR count). The molecule has 2 nitrogen and oxygen atoms in total. The summed E-state index contributed by atoms with van der Waals surface area (Å²) in [5, 5.41) is 10.2. The number of unbranched alkanes of at least 4 members (excludes halogenated alkanes) is 7. The molecule has 1 unspecified atom stereocenters. The molecule has 0 spiro atoms. The summed E-state index contributed by atoms with van der Waals surface area (Å²) in [6.07, 6.45) is 18.6. The van der Waals surface area contributed by atoms with Crippen LogP contribution in [0.1, 0.15) is 77.0 Å². The molecule has 0 aromatic heterocycles. The Labute approximate surface area is 160 Å². The molecule has 0 saturated carbocycles. The minimum atomic E-state index is -0.907. The number of carboxylic acid groups (broad SMARTS) is 1. The second kappa shape index (κ2) is 13.8. The van der Waals surface area contributed by atoms with Crippen LogP contribution in [0, 0.1) is 5.92 Å². The Balaban J connectivity index is 0.00000324. The fraction of sp³-hybridized carbons (Fsp3) is 0.812. The summed E-state index contributed by atoms with van der Waals surface area (Å²) in [5.74, 6) is -0.0365. The van der Waals surface area contributed by atoms with Crippen molar-refractivity contribution in [3.8, 4) is 0 Å². The van der Waals surface area contributed by atoms with E-state index in [1.165, 1.54) is 57.8 Å². The van der Waals surface area contributed by atoms with Gasteiger partial charge < -0.3 is 9.90 Å². The molecule has 0 aromatic rings. The van der Waals surface area contributed by atoms with Crippen LogP contribution < -0.4 is 56.5 Å². The Kier molecular flexibility index (Phi) is 14.4. The number of aliphatic carboxylic acids is 1. The van der Waals surface area contributed by atoms with Gasteiger partial charge in [-0.15, -0.1) is 0 Å². The van der Waals surface area contributed by atoms with Crippen LogP contribution in [-0.2, 0) is 4.79 Å². The van der Waals surface area contributed by atoms with Gasteiger partial charge in [0, 0.05) is 5.97 Å². The Bertz CT molecular complexity index is 251. The Morgan fingerprint density at radius 2 is 1.58 bits per heavy atom. The number of carbonyl (C=O) groups is 1. The Morgan fingerprint density at radius 1 is 1.00 bits per heavy atom. The maximum Gasteiger partial charge on any atom is 1.00 e. The van der Waals surface area contributed by atoms with Crippen molar-refractivity contribution < 1.29 is 61.3 Å². The van der Waals surface area contributed by atoms with E-state index >= 15 is 0 Å². The predicted octanol–water partition coefficient (Wildman–Crippen LogP) is 0.608. The maximum atomic E-state index is 10.2. The van der Waals surface area contributed by atoms with Gasteiger partial charge in [0.25, 0.3) is 0 Å². The van der Waals surface area contributed by atoms with Gasteiger partial charge in [-0.25, -0.2) is 0 Å². The van der Waals surface area contributed by atoms with Gasteiger partial charge in [-0.3, -0.25) is 0 Å². The van der Waals surface area contributed by atoms with Crippen molar-refractivity contribution in [2.24, 2.45) is 5.92 Å². The molecule has 0 saturated heterocycles. The molecule has 104 valence electrons. The summed E-state index contributed by atoms with van der Waals surface area (Å²) in [6, 6.07) is 0. The molecule has 0 heterocycles. The van der Waals surface area contributed by atoms with Crippen LogP contribution in [0.15, 0.2) is 12.2 Å². The topological polar surface area (TPSA) is 40.1 Å². The second-order valence-corrected chi connectivity index (χ2v) is 5.50. The third-order valence-corrected chi connectivity index (χ3v) is 3.82. The van der Waals surface area contributed by atoms with Crippen molar-refractivity contribution in [2.75, 3.05) is 0 Å². The van der Waals surface area contributed by atoms with E-state index in [0.29, 0.717) is 0 Å². The van der Waals surface area contributed by atoms with Gasteiger partial charge in [-0.1, -0.05) is 57.1 Å². The van der Waals surface area contributed by atoms with Gasteiger partial charge >= 0.3 is 51.4 Å². The minimum Gasteiger partial charge on any atom is -0.550 e. The molecule has 0 N–H and O–H groups in total. The van der Waals surface area contributed by atoms with E-state index in [0.717, 1.165) is 18.8 Å². The molecule has 3 heteroatoms. The monoisotopic (exact) mass is 290 g/mol. The van der Waals surface area contributed by atoms with Crippen molar-refractivity contribution in [3.63, 3.8) is 0 Å². The first-order valence-corrected chi connectivity index (χ1v) is 7.65. The van der Waals surface area contributed by atoms with Gasteiger partial charge in [0.05, 0.1) is 0 Å². The normalized spacial score (nSPS) is 17.4. The SMILES string of the molecule is O=C([O-])CCCCCCCCCCC1C=CCC1.[K+]. The minimum absolute atomic E-state index is 0. The van der Waals surface area contributed by atoms with Crippen LogP contribution >= 0.6 is 0 Å². The standard InChI is InChI=1S/C16H28O2.K/c17-16(18)14-8-6-4-2-1-3-5-7-11-15-12-9-10-13-15;/h9,12,15H,1-8,10-11,13-14H2,(H,17,18);/q;+1/p-1. The molecule has 0 aromatic carbocycles. The number of hydrogen-bond donors (Lipinski definition) is 0. The zero-order chi connectivity index (χ0) is 13.1. The molecule has 0 fully saturated rings. The Morgan fingerprint density at radius 3 is 2.11 bits per heavy atom. The first kappa shape index (κ1) is 19.8. The summed E-state index contributed by atoms with van der Waals surface area (Å²) in [6.45, 7) is 0. The van der Waals surface area contributed by atoms with Crippen LogP contribution in [0.4, 0.5) is 0 Å². The number of carbonyl (C=O) groups excluding carboxylic acids is 1. The van der Waals surface area contributed by atoms with Gasteiger partial charge in [-0.2, -0.15) is 0 Å². The molecule has 1 aliphatic carbocycles. The van der Waals surface area contributed by atoms with Crippen LogP contribution in [0.2, 0.25) is 0 Å².